The summed E-state index contributed by atoms with van der Waals surface area (Å²) in [5.41, 5.74) is -0.243. The van der Waals surface area contributed by atoms with Crippen molar-refractivity contribution < 1.29 is 14.4 Å². The van der Waals surface area contributed by atoms with Crippen molar-refractivity contribution >= 4 is 23.8 Å². The van der Waals surface area contributed by atoms with Gasteiger partial charge in [0.15, 0.2) is 0 Å². The molecule has 0 unspecified atom stereocenters. The Morgan fingerprint density at radius 2 is 1.83 bits per heavy atom. The highest BCUT2D eigenvalue weighted by atomic mass is 16.2. The lowest BCUT2D eigenvalue weighted by atomic mass is 9.79. The molecule has 1 heterocycles. The summed E-state index contributed by atoms with van der Waals surface area (Å²) in [7, 11) is 0. The van der Waals surface area contributed by atoms with E-state index in [1.807, 2.05) is 6.07 Å². The maximum atomic E-state index is 12.3. The molecular weight excluding hydrogens is 230 g/mol. The molecule has 0 N–H and O–H groups in total. The fraction of sp³-hybridized carbons (Fsp3) is 0.357. The maximum Gasteiger partial charge on any atom is 0.238 e. The van der Waals surface area contributed by atoms with Crippen molar-refractivity contribution in [3.05, 3.63) is 30.3 Å². The zero-order valence-corrected chi connectivity index (χ0v) is 10.4. The Morgan fingerprint density at radius 1 is 1.22 bits per heavy atom. The highest BCUT2D eigenvalue weighted by Crippen LogP contribution is 2.36. The predicted molar refractivity (Wildman–Crippen MR) is 66.9 cm³/mol. The van der Waals surface area contributed by atoms with Crippen molar-refractivity contribution in [3.63, 3.8) is 0 Å². The zero-order chi connectivity index (χ0) is 13.3. The first-order valence-electron chi connectivity index (χ1n) is 5.85. The van der Waals surface area contributed by atoms with E-state index in [1.54, 1.807) is 38.1 Å². The molecule has 0 bridgehead atoms. The van der Waals surface area contributed by atoms with E-state index in [2.05, 4.69) is 0 Å². The molecule has 4 nitrogen and oxygen atoms in total. The van der Waals surface area contributed by atoms with E-state index in [4.69, 9.17) is 0 Å². The zero-order valence-electron chi connectivity index (χ0n) is 10.4. The van der Waals surface area contributed by atoms with Gasteiger partial charge in [-0.1, -0.05) is 32.0 Å². The Balaban J connectivity index is 2.34. The molecule has 0 saturated carbocycles. The number of carbonyl (C=O) groups is 3. The van der Waals surface area contributed by atoms with Crippen LogP contribution in [0.4, 0.5) is 5.69 Å². The van der Waals surface area contributed by atoms with Crippen molar-refractivity contribution in [1.82, 2.24) is 0 Å². The Labute approximate surface area is 106 Å². The summed E-state index contributed by atoms with van der Waals surface area (Å²) >= 11 is 0. The van der Waals surface area contributed by atoms with Gasteiger partial charge in [-0.05, 0) is 12.1 Å². The van der Waals surface area contributed by atoms with Crippen LogP contribution in [0.5, 0.6) is 0 Å². The number of carbonyl (C=O) groups excluding carboxylic acids is 3. The van der Waals surface area contributed by atoms with Gasteiger partial charge in [0, 0.05) is 11.8 Å². The van der Waals surface area contributed by atoms with Crippen molar-refractivity contribution in [2.24, 2.45) is 11.3 Å². The average molecular weight is 245 g/mol. The Morgan fingerprint density at radius 3 is 2.39 bits per heavy atom. The molecule has 0 radical (unpaired) electrons. The lowest BCUT2D eigenvalue weighted by Crippen LogP contribution is -2.35. The molecule has 2 amide bonds. The van der Waals surface area contributed by atoms with Crippen LogP contribution in [-0.4, -0.2) is 18.1 Å². The molecule has 1 aliphatic rings. The van der Waals surface area contributed by atoms with Crippen LogP contribution in [-0.2, 0) is 14.4 Å². The van der Waals surface area contributed by atoms with Gasteiger partial charge in [-0.25, -0.2) is 0 Å². The van der Waals surface area contributed by atoms with E-state index in [1.165, 1.54) is 4.90 Å². The summed E-state index contributed by atoms with van der Waals surface area (Å²) in [5.74, 6) is -1.10. The van der Waals surface area contributed by atoms with E-state index in [0.29, 0.717) is 5.69 Å². The van der Waals surface area contributed by atoms with Gasteiger partial charge in [-0.3, -0.25) is 14.5 Å². The molecule has 1 aliphatic heterocycles. The second kappa shape index (κ2) is 4.37. The number of aldehydes is 1. The number of anilines is 1. The molecule has 0 aliphatic carbocycles. The van der Waals surface area contributed by atoms with E-state index in [0.717, 1.165) is 6.29 Å². The van der Waals surface area contributed by atoms with Gasteiger partial charge in [0.2, 0.25) is 11.8 Å². The van der Waals surface area contributed by atoms with E-state index in [-0.39, 0.29) is 18.2 Å². The van der Waals surface area contributed by atoms with Crippen molar-refractivity contribution in [2.45, 2.75) is 20.3 Å². The van der Waals surface area contributed by atoms with Crippen LogP contribution in [0, 0.1) is 11.3 Å². The molecule has 18 heavy (non-hydrogen) atoms. The maximum absolute atomic E-state index is 12.3. The fourth-order valence-electron chi connectivity index (χ4n) is 2.14. The molecule has 0 spiro atoms. The summed E-state index contributed by atoms with van der Waals surface area (Å²) < 4.78 is 0. The van der Waals surface area contributed by atoms with Crippen LogP contribution in [0.1, 0.15) is 20.3 Å². The molecule has 0 aromatic heterocycles. The number of hydrogen-bond donors (Lipinski definition) is 0. The van der Waals surface area contributed by atoms with Gasteiger partial charge in [0.25, 0.3) is 0 Å². The molecule has 2 rings (SSSR count). The fourth-order valence-corrected chi connectivity index (χ4v) is 2.14. The minimum Gasteiger partial charge on any atom is -0.303 e. The van der Waals surface area contributed by atoms with E-state index >= 15 is 0 Å². The molecule has 4 heteroatoms. The topological polar surface area (TPSA) is 54.5 Å². The van der Waals surface area contributed by atoms with Crippen LogP contribution < -0.4 is 4.90 Å². The first kappa shape index (κ1) is 12.5. The Bertz CT molecular complexity index is 493. The summed E-state index contributed by atoms with van der Waals surface area (Å²) in [6.07, 6.45) is 0.844. The number of imide groups is 1. The Hall–Kier alpha value is -1.97. The number of benzene rings is 1. The molecule has 1 aromatic carbocycles. The summed E-state index contributed by atoms with van der Waals surface area (Å²) in [6, 6.07) is 8.79. The highest BCUT2D eigenvalue weighted by molar-refractivity contribution is 6.21. The van der Waals surface area contributed by atoms with Gasteiger partial charge in [-0.2, -0.15) is 0 Å². The number of amides is 2. The van der Waals surface area contributed by atoms with E-state index in [9.17, 15) is 14.4 Å². The smallest absolute Gasteiger partial charge is 0.238 e. The first-order valence-corrected chi connectivity index (χ1v) is 5.85. The molecule has 1 atom stereocenters. The van der Waals surface area contributed by atoms with Gasteiger partial charge in [0.05, 0.1) is 11.6 Å². The largest absolute Gasteiger partial charge is 0.303 e. The molecule has 1 fully saturated rings. The first-order chi connectivity index (χ1) is 8.47. The normalized spacial score (nSPS) is 20.3. The van der Waals surface area contributed by atoms with Crippen LogP contribution in [0.2, 0.25) is 0 Å². The highest BCUT2D eigenvalue weighted by Gasteiger charge is 2.47. The quantitative estimate of drug-likeness (QED) is 0.602. The van der Waals surface area contributed by atoms with Gasteiger partial charge < -0.3 is 4.79 Å². The standard InChI is InChI=1S/C14H15NO3/c1-14(2,9-16)11-8-12(17)15(13(11)18)10-6-4-3-5-7-10/h3-7,9,11H,8H2,1-2H3/t11-/m1/s1. The van der Waals surface area contributed by atoms with Crippen LogP contribution >= 0.6 is 0 Å². The number of para-hydroxylation sites is 1. The number of hydrogen-bond acceptors (Lipinski definition) is 3. The number of rotatable bonds is 3. The molecule has 94 valence electrons. The summed E-state index contributed by atoms with van der Waals surface area (Å²) in [6.45, 7) is 3.37. The second-order valence-electron chi connectivity index (χ2n) is 5.10. The van der Waals surface area contributed by atoms with Gasteiger partial charge >= 0.3 is 0 Å². The number of nitrogens with zero attached hydrogens (tertiary/aromatic N) is 1. The molecule has 1 saturated heterocycles. The van der Waals surface area contributed by atoms with Crippen molar-refractivity contribution in [1.29, 1.82) is 0 Å². The van der Waals surface area contributed by atoms with Crippen LogP contribution in [0.25, 0.3) is 0 Å². The van der Waals surface area contributed by atoms with Crippen molar-refractivity contribution in [3.8, 4) is 0 Å². The lowest BCUT2D eigenvalue weighted by molar-refractivity contribution is -0.129. The summed E-state index contributed by atoms with van der Waals surface area (Å²) in [4.78, 5) is 36.4. The third-order valence-corrected chi connectivity index (χ3v) is 3.36. The third kappa shape index (κ3) is 1.94. The monoisotopic (exact) mass is 245 g/mol. The van der Waals surface area contributed by atoms with Crippen LogP contribution in [0.15, 0.2) is 30.3 Å². The SMILES string of the molecule is CC(C)(C=O)[C@@H]1CC(=O)N(c2ccccc2)C1=O. The lowest BCUT2D eigenvalue weighted by Gasteiger charge is -2.23. The van der Waals surface area contributed by atoms with Gasteiger partial charge in [0.1, 0.15) is 6.29 Å². The van der Waals surface area contributed by atoms with Gasteiger partial charge in [-0.15, -0.1) is 0 Å². The third-order valence-electron chi connectivity index (χ3n) is 3.36. The molecule has 1 aromatic rings. The molecular formula is C14H15NO3. The second-order valence-corrected chi connectivity index (χ2v) is 5.10. The minimum atomic E-state index is -0.809. The van der Waals surface area contributed by atoms with E-state index < -0.39 is 11.3 Å². The van der Waals surface area contributed by atoms with Crippen molar-refractivity contribution in [2.75, 3.05) is 4.90 Å². The average Bonchev–Trinajstić information content (AvgIpc) is 2.67. The summed E-state index contributed by atoms with van der Waals surface area (Å²) in [5, 5.41) is 0. The predicted octanol–water partition coefficient (Wildman–Crippen LogP) is 1.79. The van der Waals surface area contributed by atoms with Crippen LogP contribution in [0.3, 0.4) is 0 Å². The Kier molecular flexibility index (Phi) is 3.03. The minimum absolute atomic E-state index is 0.0967.